The summed E-state index contributed by atoms with van der Waals surface area (Å²) in [5, 5.41) is 0.586. The molecule has 0 spiro atoms. The fraction of sp³-hybridized carbons (Fsp3) is 0.0909. The van der Waals surface area contributed by atoms with Gasteiger partial charge in [0.1, 0.15) is 18.2 Å². The molecular formula is C22H14ClF3NO5S+. The van der Waals surface area contributed by atoms with Crippen molar-refractivity contribution < 1.29 is 39.9 Å². The highest BCUT2D eigenvalue weighted by atomic mass is 35.5. The number of halogens is 4. The number of aromatic nitrogens is 1. The second-order valence-corrected chi connectivity index (χ2v) is 8.90. The summed E-state index contributed by atoms with van der Waals surface area (Å²) >= 11 is 5.85. The molecule has 0 aliphatic carbocycles. The summed E-state index contributed by atoms with van der Waals surface area (Å²) in [6.07, 6.45) is 0. The third-order valence-corrected chi connectivity index (χ3v) is 6.08. The van der Waals surface area contributed by atoms with Crippen LogP contribution in [0.25, 0.3) is 21.8 Å². The summed E-state index contributed by atoms with van der Waals surface area (Å²) in [5.41, 5.74) is -4.99. The van der Waals surface area contributed by atoms with E-state index in [-0.39, 0.29) is 22.2 Å². The second kappa shape index (κ2) is 8.20. The summed E-state index contributed by atoms with van der Waals surface area (Å²) in [4.78, 5) is 13.3. The molecule has 0 radical (unpaired) electrons. The van der Waals surface area contributed by atoms with Gasteiger partial charge in [-0.1, -0.05) is 29.8 Å². The minimum Gasteiger partial charge on any atom is -0.423 e. The third-order valence-electron chi connectivity index (χ3n) is 4.86. The van der Waals surface area contributed by atoms with Crippen LogP contribution < -0.4 is 13.5 Å². The molecule has 0 unspecified atom stereocenters. The molecular weight excluding hydrogens is 483 g/mol. The van der Waals surface area contributed by atoms with E-state index in [9.17, 15) is 26.4 Å². The van der Waals surface area contributed by atoms with E-state index in [4.69, 9.17) is 16.3 Å². The quantitative estimate of drug-likeness (QED) is 0.100. The summed E-state index contributed by atoms with van der Waals surface area (Å²) < 4.78 is 74.0. The van der Waals surface area contributed by atoms with Crippen molar-refractivity contribution >= 4 is 49.5 Å². The lowest BCUT2D eigenvalue weighted by Gasteiger charge is -2.14. The van der Waals surface area contributed by atoms with E-state index in [1.54, 1.807) is 35.9 Å². The molecule has 33 heavy (non-hydrogen) atoms. The molecule has 0 saturated carbocycles. The van der Waals surface area contributed by atoms with Gasteiger partial charge in [-0.2, -0.15) is 26.2 Å². The number of carbonyl (C=O) groups excluding carboxylic acids is 1. The SMILES string of the molecule is C[n+]1c2ccccc2c(C(=O)Oc2ccc(Cl)cc2)c2c(OS(=O)(=O)C(F)(F)F)cccc21. The molecule has 0 amide bonds. The van der Waals surface area contributed by atoms with Gasteiger partial charge in [-0.15, -0.1) is 0 Å². The fourth-order valence-corrected chi connectivity index (χ4v) is 4.00. The Kier molecular flexibility index (Phi) is 5.67. The van der Waals surface area contributed by atoms with Crippen molar-refractivity contribution in [1.29, 1.82) is 0 Å². The number of esters is 1. The zero-order valence-electron chi connectivity index (χ0n) is 16.8. The van der Waals surface area contributed by atoms with E-state index in [0.29, 0.717) is 15.9 Å². The van der Waals surface area contributed by atoms with Gasteiger partial charge in [0.15, 0.2) is 5.75 Å². The molecule has 4 aromatic rings. The number of para-hydroxylation sites is 1. The van der Waals surface area contributed by atoms with E-state index in [2.05, 4.69) is 4.18 Å². The molecule has 0 N–H and O–H groups in total. The number of pyridine rings is 1. The Morgan fingerprint density at radius 1 is 0.939 bits per heavy atom. The molecule has 0 fully saturated rings. The number of hydrogen-bond donors (Lipinski definition) is 0. The Balaban J connectivity index is 2.00. The van der Waals surface area contributed by atoms with Gasteiger partial charge in [0.25, 0.3) is 0 Å². The van der Waals surface area contributed by atoms with Crippen molar-refractivity contribution in [3.63, 3.8) is 0 Å². The Hall–Kier alpha value is -3.37. The average molecular weight is 497 g/mol. The second-order valence-electron chi connectivity index (χ2n) is 6.93. The van der Waals surface area contributed by atoms with Crippen LogP contribution >= 0.6 is 11.6 Å². The van der Waals surface area contributed by atoms with Crippen molar-refractivity contribution in [3.8, 4) is 11.5 Å². The van der Waals surface area contributed by atoms with Gasteiger partial charge in [-0.05, 0) is 36.4 Å². The maximum atomic E-state index is 13.3. The van der Waals surface area contributed by atoms with Crippen LogP contribution in [0.2, 0.25) is 5.02 Å². The van der Waals surface area contributed by atoms with Gasteiger partial charge in [0.05, 0.1) is 10.9 Å². The maximum absolute atomic E-state index is 13.3. The van der Waals surface area contributed by atoms with Gasteiger partial charge in [0.2, 0.25) is 11.0 Å². The van der Waals surface area contributed by atoms with Gasteiger partial charge < -0.3 is 8.92 Å². The fourth-order valence-electron chi connectivity index (χ4n) is 3.40. The van der Waals surface area contributed by atoms with Crippen LogP contribution in [0, 0.1) is 0 Å². The van der Waals surface area contributed by atoms with E-state index >= 15 is 0 Å². The Labute approximate surface area is 190 Å². The van der Waals surface area contributed by atoms with Crippen LogP contribution in [0.15, 0.2) is 66.7 Å². The highest BCUT2D eigenvalue weighted by Crippen LogP contribution is 2.36. The molecule has 170 valence electrons. The van der Waals surface area contributed by atoms with Crippen LogP contribution in [0.4, 0.5) is 13.2 Å². The number of aryl methyl sites for hydroxylation is 1. The summed E-state index contributed by atoms with van der Waals surface area (Å²) in [6, 6.07) is 16.4. The molecule has 11 heteroatoms. The number of carbonyl (C=O) groups is 1. The molecule has 3 aromatic carbocycles. The van der Waals surface area contributed by atoms with E-state index in [1.807, 2.05) is 0 Å². The predicted octanol–water partition coefficient (Wildman–Crippen LogP) is 4.92. The van der Waals surface area contributed by atoms with Crippen molar-refractivity contribution in [2.75, 3.05) is 0 Å². The first-order chi connectivity index (χ1) is 15.5. The first kappa shape index (κ1) is 22.8. The molecule has 0 aliphatic heterocycles. The van der Waals surface area contributed by atoms with E-state index in [1.165, 1.54) is 36.4 Å². The molecule has 1 aromatic heterocycles. The number of benzene rings is 3. The van der Waals surface area contributed by atoms with Gasteiger partial charge in [-0.25, -0.2) is 4.79 Å². The number of alkyl halides is 3. The largest absolute Gasteiger partial charge is 0.534 e. The van der Waals surface area contributed by atoms with Crippen molar-refractivity contribution in [1.82, 2.24) is 0 Å². The molecule has 0 bridgehead atoms. The van der Waals surface area contributed by atoms with Crippen LogP contribution in [0.3, 0.4) is 0 Å². The molecule has 4 rings (SSSR count). The van der Waals surface area contributed by atoms with E-state index in [0.717, 1.165) is 6.07 Å². The lowest BCUT2D eigenvalue weighted by Crippen LogP contribution is -2.32. The first-order valence-corrected chi connectivity index (χ1v) is 11.1. The van der Waals surface area contributed by atoms with Crippen molar-refractivity contribution in [2.24, 2.45) is 7.05 Å². The Morgan fingerprint density at radius 2 is 1.58 bits per heavy atom. The monoisotopic (exact) mass is 496 g/mol. The third kappa shape index (κ3) is 4.19. The normalized spacial score (nSPS) is 12.2. The first-order valence-electron chi connectivity index (χ1n) is 9.31. The van der Waals surface area contributed by atoms with Crippen LogP contribution in [0.5, 0.6) is 11.5 Å². The zero-order chi connectivity index (χ0) is 24.0. The standard InChI is InChI=1S/C22H14ClF3NO5S/c1-27-16-6-3-2-5-15(16)19(21(28)31-14-11-9-13(23)10-12-14)20-17(27)7-4-8-18(20)32-33(29,30)22(24,25)26/h2-12H,1H3/q+1. The number of nitrogens with zero attached hydrogens (tertiary/aromatic N) is 1. The summed E-state index contributed by atoms with van der Waals surface area (Å²) in [6.45, 7) is 0. The maximum Gasteiger partial charge on any atom is 0.534 e. The number of hydrogen-bond acceptors (Lipinski definition) is 5. The highest BCUT2D eigenvalue weighted by Gasteiger charge is 2.49. The minimum atomic E-state index is -5.99. The topological polar surface area (TPSA) is 73.5 Å². The predicted molar refractivity (Wildman–Crippen MR) is 115 cm³/mol. The smallest absolute Gasteiger partial charge is 0.423 e. The van der Waals surface area contributed by atoms with Gasteiger partial charge >= 0.3 is 21.6 Å². The average Bonchev–Trinajstić information content (AvgIpc) is 2.75. The molecule has 1 heterocycles. The van der Waals surface area contributed by atoms with Crippen LogP contribution in [-0.2, 0) is 17.2 Å². The number of fused-ring (bicyclic) bond motifs is 2. The number of rotatable bonds is 4. The zero-order valence-corrected chi connectivity index (χ0v) is 18.3. The van der Waals surface area contributed by atoms with Gasteiger partial charge in [-0.3, -0.25) is 0 Å². The van der Waals surface area contributed by atoms with Crippen LogP contribution in [0.1, 0.15) is 10.4 Å². The lowest BCUT2D eigenvalue weighted by molar-refractivity contribution is -0.617. The molecule has 0 saturated heterocycles. The Bertz CT molecular complexity index is 1500. The molecule has 0 aliphatic rings. The Morgan fingerprint density at radius 3 is 2.24 bits per heavy atom. The highest BCUT2D eigenvalue weighted by molar-refractivity contribution is 7.88. The van der Waals surface area contributed by atoms with Crippen molar-refractivity contribution in [2.45, 2.75) is 5.51 Å². The molecule has 0 atom stereocenters. The van der Waals surface area contributed by atoms with Crippen LogP contribution in [-0.4, -0.2) is 19.9 Å². The minimum absolute atomic E-state index is 0.135. The van der Waals surface area contributed by atoms with E-state index < -0.39 is 27.3 Å². The lowest BCUT2D eigenvalue weighted by atomic mass is 10.0. The number of ether oxygens (including phenoxy) is 1. The van der Waals surface area contributed by atoms with Crippen molar-refractivity contribution in [3.05, 3.63) is 77.3 Å². The summed E-state index contributed by atoms with van der Waals surface area (Å²) in [7, 11) is -4.36. The summed E-state index contributed by atoms with van der Waals surface area (Å²) in [5.74, 6) is -1.44. The molecule has 6 nitrogen and oxygen atoms in total. The van der Waals surface area contributed by atoms with Gasteiger partial charge in [0, 0.05) is 17.2 Å².